The Hall–Kier alpha value is -1.48. The van der Waals surface area contributed by atoms with Crippen molar-refractivity contribution in [1.82, 2.24) is 4.90 Å². The van der Waals surface area contributed by atoms with Crippen LogP contribution in [0.3, 0.4) is 0 Å². The molecule has 2 atom stereocenters. The maximum atomic E-state index is 5.59. The molecule has 21 heavy (non-hydrogen) atoms. The van der Waals surface area contributed by atoms with Gasteiger partial charge in [-0.3, -0.25) is 4.90 Å². The van der Waals surface area contributed by atoms with E-state index in [1.807, 2.05) is 12.1 Å². The molecule has 1 fully saturated rings. The summed E-state index contributed by atoms with van der Waals surface area (Å²) in [7, 11) is 3.48. The van der Waals surface area contributed by atoms with Crippen LogP contribution in [0.4, 0.5) is 0 Å². The van der Waals surface area contributed by atoms with Gasteiger partial charge in [0.2, 0.25) is 0 Å². The Balaban J connectivity index is 1.90. The lowest BCUT2D eigenvalue weighted by Gasteiger charge is -2.33. The smallest absolute Gasteiger partial charge is 0.123 e. The van der Waals surface area contributed by atoms with Gasteiger partial charge in [0.05, 0.1) is 14.2 Å². The molecule has 1 aliphatic carbocycles. The number of allylic oxidation sites excluding steroid dienone is 1. The minimum atomic E-state index is 0.447. The lowest BCUT2D eigenvalue weighted by Crippen LogP contribution is -2.34. The zero-order valence-corrected chi connectivity index (χ0v) is 13.0. The van der Waals surface area contributed by atoms with Crippen molar-refractivity contribution in [2.24, 2.45) is 0 Å². The van der Waals surface area contributed by atoms with Crippen LogP contribution in [-0.2, 0) is 0 Å². The molecule has 2 aliphatic rings. The second-order valence-corrected chi connectivity index (χ2v) is 5.93. The van der Waals surface area contributed by atoms with Gasteiger partial charge in [-0.15, -0.1) is 0 Å². The predicted octanol–water partition coefficient (Wildman–Crippen LogP) is 3.95. The fourth-order valence-corrected chi connectivity index (χ4v) is 3.69. The van der Waals surface area contributed by atoms with Gasteiger partial charge in [0.25, 0.3) is 0 Å². The van der Waals surface area contributed by atoms with E-state index >= 15 is 0 Å². The molecule has 114 valence electrons. The predicted molar refractivity (Wildman–Crippen MR) is 85.0 cm³/mol. The van der Waals surface area contributed by atoms with Gasteiger partial charge >= 0.3 is 0 Å². The van der Waals surface area contributed by atoms with Crippen LogP contribution in [-0.4, -0.2) is 31.7 Å². The molecule has 0 radical (unpaired) electrons. The standard InChI is InChI=1S/C18H25NO2/c1-20-15-10-11-18(21-2)16(13-15)17-9-6-12-19(17)14-7-4-3-5-8-14/h4,7,10-11,13-14,17H,3,5-6,8-9,12H2,1-2H3. The molecule has 0 bridgehead atoms. The summed E-state index contributed by atoms with van der Waals surface area (Å²) in [5.41, 5.74) is 1.27. The van der Waals surface area contributed by atoms with E-state index in [0.717, 1.165) is 11.5 Å². The van der Waals surface area contributed by atoms with Crippen molar-refractivity contribution < 1.29 is 9.47 Å². The first-order chi connectivity index (χ1) is 10.3. The SMILES string of the molecule is COc1ccc(OC)c(C2CCCN2C2C=CCCC2)c1. The Morgan fingerprint density at radius 2 is 2.00 bits per heavy atom. The number of nitrogens with zero attached hydrogens (tertiary/aromatic N) is 1. The number of benzene rings is 1. The van der Waals surface area contributed by atoms with Crippen molar-refractivity contribution in [2.75, 3.05) is 20.8 Å². The Kier molecular flexibility index (Phi) is 4.49. The summed E-state index contributed by atoms with van der Waals surface area (Å²) in [6, 6.07) is 7.18. The van der Waals surface area contributed by atoms with E-state index in [9.17, 15) is 0 Å². The molecule has 0 spiro atoms. The number of hydrogen-bond acceptors (Lipinski definition) is 3. The third kappa shape index (κ3) is 2.93. The topological polar surface area (TPSA) is 21.7 Å². The highest BCUT2D eigenvalue weighted by atomic mass is 16.5. The van der Waals surface area contributed by atoms with E-state index in [4.69, 9.17) is 9.47 Å². The number of ether oxygens (including phenoxy) is 2. The first-order valence-corrected chi connectivity index (χ1v) is 7.98. The summed E-state index contributed by atoms with van der Waals surface area (Å²) in [4.78, 5) is 2.65. The van der Waals surface area contributed by atoms with Crippen LogP contribution in [0.15, 0.2) is 30.4 Å². The maximum absolute atomic E-state index is 5.59. The van der Waals surface area contributed by atoms with Gasteiger partial charge in [0, 0.05) is 17.6 Å². The van der Waals surface area contributed by atoms with Crippen LogP contribution >= 0.6 is 0 Å². The zero-order valence-electron chi connectivity index (χ0n) is 13.0. The molecule has 2 unspecified atom stereocenters. The molecule has 3 nitrogen and oxygen atoms in total. The molecule has 0 N–H and O–H groups in total. The normalized spacial score (nSPS) is 26.0. The average molecular weight is 287 g/mol. The molecule has 0 amide bonds. The third-order valence-corrected chi connectivity index (χ3v) is 4.74. The summed E-state index contributed by atoms with van der Waals surface area (Å²) in [5.74, 6) is 1.89. The van der Waals surface area contributed by atoms with Crippen molar-refractivity contribution in [3.8, 4) is 11.5 Å². The van der Waals surface area contributed by atoms with E-state index in [2.05, 4.69) is 23.1 Å². The van der Waals surface area contributed by atoms with Crippen molar-refractivity contribution in [3.63, 3.8) is 0 Å². The van der Waals surface area contributed by atoms with E-state index in [1.54, 1.807) is 14.2 Å². The lowest BCUT2D eigenvalue weighted by molar-refractivity contribution is 0.194. The summed E-state index contributed by atoms with van der Waals surface area (Å²) in [6.45, 7) is 1.18. The van der Waals surface area contributed by atoms with Gasteiger partial charge in [-0.25, -0.2) is 0 Å². The molecular weight excluding hydrogens is 262 g/mol. The Bertz CT molecular complexity index is 512. The zero-order chi connectivity index (χ0) is 14.7. The fourth-order valence-electron chi connectivity index (χ4n) is 3.69. The summed E-state index contributed by atoms with van der Waals surface area (Å²) in [5, 5.41) is 0. The second kappa shape index (κ2) is 6.52. The van der Waals surface area contributed by atoms with Crippen molar-refractivity contribution in [3.05, 3.63) is 35.9 Å². The van der Waals surface area contributed by atoms with Gasteiger partial charge in [0.15, 0.2) is 0 Å². The molecule has 3 heteroatoms. The molecule has 0 aromatic heterocycles. The van der Waals surface area contributed by atoms with Crippen molar-refractivity contribution in [2.45, 2.75) is 44.2 Å². The molecule has 1 saturated heterocycles. The molecular formula is C18H25NO2. The van der Waals surface area contributed by atoms with Crippen molar-refractivity contribution in [1.29, 1.82) is 0 Å². The van der Waals surface area contributed by atoms with Gasteiger partial charge in [-0.1, -0.05) is 12.2 Å². The first-order valence-electron chi connectivity index (χ1n) is 7.98. The second-order valence-electron chi connectivity index (χ2n) is 5.93. The summed E-state index contributed by atoms with van der Waals surface area (Å²) < 4.78 is 11.0. The van der Waals surface area contributed by atoms with E-state index < -0.39 is 0 Å². The molecule has 1 aliphatic heterocycles. The fraction of sp³-hybridized carbons (Fsp3) is 0.556. The molecule has 1 heterocycles. The maximum Gasteiger partial charge on any atom is 0.123 e. The van der Waals surface area contributed by atoms with Crippen LogP contribution < -0.4 is 9.47 Å². The Labute approximate surface area is 127 Å². The number of likely N-dealkylation sites (tertiary alicyclic amines) is 1. The van der Waals surface area contributed by atoms with Gasteiger partial charge in [-0.2, -0.15) is 0 Å². The molecule has 1 aromatic carbocycles. The molecule has 1 aromatic rings. The highest BCUT2D eigenvalue weighted by Gasteiger charge is 2.32. The van der Waals surface area contributed by atoms with Crippen LogP contribution in [0, 0.1) is 0 Å². The first kappa shape index (κ1) is 14.5. The van der Waals surface area contributed by atoms with Gasteiger partial charge in [0.1, 0.15) is 11.5 Å². The van der Waals surface area contributed by atoms with E-state index in [-0.39, 0.29) is 0 Å². The average Bonchev–Trinajstić information content (AvgIpc) is 3.04. The van der Waals surface area contributed by atoms with E-state index in [1.165, 1.54) is 44.2 Å². The lowest BCUT2D eigenvalue weighted by atomic mass is 9.97. The van der Waals surface area contributed by atoms with E-state index in [0.29, 0.717) is 12.1 Å². The Morgan fingerprint density at radius 3 is 2.71 bits per heavy atom. The van der Waals surface area contributed by atoms with Crippen LogP contribution in [0.1, 0.15) is 43.7 Å². The highest BCUT2D eigenvalue weighted by Crippen LogP contribution is 2.41. The highest BCUT2D eigenvalue weighted by molar-refractivity contribution is 5.42. The number of hydrogen-bond donors (Lipinski definition) is 0. The molecule has 0 saturated carbocycles. The number of rotatable bonds is 4. The summed E-state index contributed by atoms with van der Waals surface area (Å²) >= 11 is 0. The van der Waals surface area contributed by atoms with Crippen LogP contribution in [0.5, 0.6) is 11.5 Å². The number of methoxy groups -OCH3 is 2. The van der Waals surface area contributed by atoms with Gasteiger partial charge < -0.3 is 9.47 Å². The minimum Gasteiger partial charge on any atom is -0.497 e. The largest absolute Gasteiger partial charge is 0.497 e. The van der Waals surface area contributed by atoms with Crippen LogP contribution in [0.2, 0.25) is 0 Å². The molecule has 3 rings (SSSR count). The Morgan fingerprint density at radius 1 is 1.10 bits per heavy atom. The summed E-state index contributed by atoms with van der Waals surface area (Å²) in [6.07, 6.45) is 11.0. The monoisotopic (exact) mass is 287 g/mol. The van der Waals surface area contributed by atoms with Crippen molar-refractivity contribution >= 4 is 0 Å². The third-order valence-electron chi connectivity index (χ3n) is 4.74. The van der Waals surface area contributed by atoms with Crippen LogP contribution in [0.25, 0.3) is 0 Å². The van der Waals surface area contributed by atoms with Gasteiger partial charge in [-0.05, 0) is 56.8 Å². The minimum absolute atomic E-state index is 0.447. The quantitative estimate of drug-likeness (QED) is 0.783.